The number of nitrogens with zero attached hydrogens (tertiary/aromatic N) is 2. The standard InChI is InChI=1S/C22H28F3N3O3/c1-13-19-9-18-14(8-17(11-26-18)31-22(23,24)25)12-28(19)20(29)21(13)5-2-16(10-21)27-15-3-6-30-7-4-15/h8,11,13,15-16,19,27H,2-7,9-10,12H2,1H3/t13?,16-,19?,21+/m1/s1. The van der Waals surface area contributed by atoms with Gasteiger partial charge in [0, 0.05) is 50.0 Å². The molecular formula is C22H28F3N3O3. The number of rotatable bonds is 3. The van der Waals surface area contributed by atoms with Crippen molar-refractivity contribution in [3.05, 3.63) is 23.5 Å². The molecule has 6 nitrogen and oxygen atoms in total. The lowest BCUT2D eigenvalue weighted by atomic mass is 9.73. The van der Waals surface area contributed by atoms with Crippen molar-refractivity contribution < 1.29 is 27.4 Å². The quantitative estimate of drug-likeness (QED) is 0.784. The normalized spacial score (nSPS) is 33.6. The monoisotopic (exact) mass is 439 g/mol. The third kappa shape index (κ3) is 3.80. The zero-order valence-electron chi connectivity index (χ0n) is 17.6. The van der Waals surface area contributed by atoms with Crippen LogP contribution in [0.25, 0.3) is 0 Å². The Balaban J connectivity index is 1.31. The van der Waals surface area contributed by atoms with Crippen LogP contribution in [-0.2, 0) is 22.5 Å². The van der Waals surface area contributed by atoms with Crippen LogP contribution in [0.3, 0.4) is 0 Å². The summed E-state index contributed by atoms with van der Waals surface area (Å²) in [6, 6.07) is 2.19. The fraction of sp³-hybridized carbons (Fsp3) is 0.727. The van der Waals surface area contributed by atoms with Gasteiger partial charge in [0.1, 0.15) is 5.75 Å². The Hall–Kier alpha value is -1.87. The fourth-order valence-corrected chi connectivity index (χ4v) is 6.18. The number of hydrogen-bond donors (Lipinski definition) is 1. The predicted molar refractivity (Wildman–Crippen MR) is 105 cm³/mol. The molecule has 1 spiro atoms. The summed E-state index contributed by atoms with van der Waals surface area (Å²) in [5.74, 6) is -0.00249. The van der Waals surface area contributed by atoms with Crippen molar-refractivity contribution in [3.8, 4) is 5.75 Å². The zero-order chi connectivity index (χ0) is 21.8. The molecule has 3 aliphatic heterocycles. The molecule has 2 unspecified atom stereocenters. The first kappa shape index (κ1) is 21.0. The summed E-state index contributed by atoms with van der Waals surface area (Å²) in [6.07, 6.45) is 1.61. The molecule has 170 valence electrons. The lowest BCUT2D eigenvalue weighted by molar-refractivity contribution is -0.274. The molecule has 3 fully saturated rings. The molecule has 31 heavy (non-hydrogen) atoms. The first-order chi connectivity index (χ1) is 14.7. The molecule has 5 rings (SSSR count). The number of aromatic nitrogens is 1. The molecule has 9 heteroatoms. The average Bonchev–Trinajstić information content (AvgIpc) is 3.23. The summed E-state index contributed by atoms with van der Waals surface area (Å²) in [7, 11) is 0. The van der Waals surface area contributed by atoms with Crippen molar-refractivity contribution in [2.45, 2.75) is 76.5 Å². The number of amides is 1. The molecule has 4 atom stereocenters. The minimum absolute atomic E-state index is 0.0451. The highest BCUT2D eigenvalue weighted by atomic mass is 19.4. The Labute approximate surface area is 179 Å². The van der Waals surface area contributed by atoms with Crippen LogP contribution in [0.4, 0.5) is 13.2 Å². The van der Waals surface area contributed by atoms with Gasteiger partial charge in [-0.1, -0.05) is 6.92 Å². The Kier molecular flexibility index (Phi) is 5.16. The lowest BCUT2D eigenvalue weighted by Gasteiger charge is -2.33. The van der Waals surface area contributed by atoms with E-state index >= 15 is 0 Å². The highest BCUT2D eigenvalue weighted by molar-refractivity contribution is 5.87. The van der Waals surface area contributed by atoms with Gasteiger partial charge < -0.3 is 19.7 Å². The largest absolute Gasteiger partial charge is 0.573 e. The molecule has 1 N–H and O–H groups in total. The molecule has 0 bridgehead atoms. The maximum Gasteiger partial charge on any atom is 0.573 e. The number of halogens is 3. The molecule has 0 aromatic carbocycles. The highest BCUT2D eigenvalue weighted by Gasteiger charge is 2.60. The van der Waals surface area contributed by atoms with E-state index < -0.39 is 6.36 Å². The Morgan fingerprint density at radius 3 is 2.77 bits per heavy atom. The van der Waals surface area contributed by atoms with Crippen molar-refractivity contribution in [1.82, 2.24) is 15.2 Å². The predicted octanol–water partition coefficient (Wildman–Crippen LogP) is 3.19. The molecule has 1 aromatic rings. The Morgan fingerprint density at radius 1 is 1.26 bits per heavy atom. The van der Waals surface area contributed by atoms with E-state index in [1.165, 1.54) is 6.07 Å². The summed E-state index contributed by atoms with van der Waals surface area (Å²) in [5, 5.41) is 3.75. The minimum atomic E-state index is -4.76. The first-order valence-electron chi connectivity index (χ1n) is 11.1. The van der Waals surface area contributed by atoms with Crippen LogP contribution in [0.15, 0.2) is 12.3 Å². The van der Waals surface area contributed by atoms with E-state index in [1.54, 1.807) is 0 Å². The lowest BCUT2D eigenvalue weighted by Crippen LogP contribution is -2.42. The molecule has 4 heterocycles. The molecule has 0 radical (unpaired) electrons. The van der Waals surface area contributed by atoms with Crippen LogP contribution >= 0.6 is 0 Å². The molecular weight excluding hydrogens is 411 g/mol. The van der Waals surface area contributed by atoms with Gasteiger partial charge in [-0.15, -0.1) is 13.2 Å². The number of ether oxygens (including phenoxy) is 2. The summed E-state index contributed by atoms with van der Waals surface area (Å²) in [6.45, 7) is 4.02. The zero-order valence-corrected chi connectivity index (χ0v) is 17.6. The van der Waals surface area contributed by atoms with Crippen LogP contribution in [0.2, 0.25) is 0 Å². The van der Waals surface area contributed by atoms with Crippen molar-refractivity contribution in [3.63, 3.8) is 0 Å². The first-order valence-corrected chi connectivity index (χ1v) is 11.1. The van der Waals surface area contributed by atoms with Crippen molar-refractivity contribution in [2.75, 3.05) is 13.2 Å². The van der Waals surface area contributed by atoms with E-state index in [4.69, 9.17) is 4.74 Å². The van der Waals surface area contributed by atoms with Crippen molar-refractivity contribution in [2.24, 2.45) is 11.3 Å². The molecule has 1 amide bonds. The van der Waals surface area contributed by atoms with E-state index in [0.717, 1.165) is 57.2 Å². The molecule has 1 saturated carbocycles. The second kappa shape index (κ2) is 7.62. The Bertz CT molecular complexity index is 858. The maximum absolute atomic E-state index is 13.6. The van der Waals surface area contributed by atoms with Gasteiger partial charge in [-0.3, -0.25) is 9.78 Å². The molecule has 2 saturated heterocycles. The summed E-state index contributed by atoms with van der Waals surface area (Å²) >= 11 is 0. The average molecular weight is 439 g/mol. The van der Waals surface area contributed by atoms with Crippen LogP contribution in [0.5, 0.6) is 5.75 Å². The number of fused-ring (bicyclic) bond motifs is 2. The van der Waals surface area contributed by atoms with Gasteiger partial charge in [0.2, 0.25) is 5.91 Å². The maximum atomic E-state index is 13.6. The summed E-state index contributed by atoms with van der Waals surface area (Å²) < 4.78 is 47.2. The number of nitrogens with one attached hydrogen (secondary N) is 1. The van der Waals surface area contributed by atoms with Crippen molar-refractivity contribution >= 4 is 5.91 Å². The van der Waals surface area contributed by atoms with Gasteiger partial charge in [0.15, 0.2) is 0 Å². The number of carbonyl (C=O) groups excluding carboxylic acids is 1. The van der Waals surface area contributed by atoms with Crippen LogP contribution in [-0.4, -0.2) is 53.5 Å². The van der Waals surface area contributed by atoms with Crippen LogP contribution in [0, 0.1) is 11.3 Å². The summed E-state index contributed by atoms with van der Waals surface area (Å²) in [4.78, 5) is 19.7. The van der Waals surface area contributed by atoms with Gasteiger partial charge >= 0.3 is 6.36 Å². The van der Waals surface area contributed by atoms with E-state index in [1.807, 2.05) is 4.90 Å². The van der Waals surface area contributed by atoms with E-state index in [2.05, 4.69) is 22.0 Å². The molecule has 1 aliphatic carbocycles. The van der Waals surface area contributed by atoms with Gasteiger partial charge in [0.05, 0.1) is 11.6 Å². The van der Waals surface area contributed by atoms with Crippen LogP contribution in [0.1, 0.15) is 50.3 Å². The van der Waals surface area contributed by atoms with E-state index in [-0.39, 0.29) is 29.0 Å². The second-order valence-electron chi connectivity index (χ2n) is 9.47. The number of carbonyl (C=O) groups is 1. The third-order valence-corrected chi connectivity index (χ3v) is 7.79. The van der Waals surface area contributed by atoms with Gasteiger partial charge in [0.25, 0.3) is 0 Å². The van der Waals surface area contributed by atoms with Crippen molar-refractivity contribution in [1.29, 1.82) is 0 Å². The van der Waals surface area contributed by atoms with Gasteiger partial charge in [-0.2, -0.15) is 0 Å². The smallest absolute Gasteiger partial charge is 0.404 e. The van der Waals surface area contributed by atoms with Gasteiger partial charge in [-0.05, 0) is 49.7 Å². The highest BCUT2D eigenvalue weighted by Crippen LogP contribution is 2.54. The number of pyridine rings is 1. The van der Waals surface area contributed by atoms with E-state index in [0.29, 0.717) is 30.6 Å². The second-order valence-corrected chi connectivity index (χ2v) is 9.47. The minimum Gasteiger partial charge on any atom is -0.404 e. The molecule has 4 aliphatic rings. The van der Waals surface area contributed by atoms with Crippen LogP contribution < -0.4 is 10.1 Å². The SMILES string of the molecule is CC1C2Cc3ncc(OC(F)(F)F)cc3CN2C(=O)[C@]12CC[C@@H](NC1CCOCC1)C2. The van der Waals surface area contributed by atoms with Gasteiger partial charge in [-0.25, -0.2) is 0 Å². The van der Waals surface area contributed by atoms with E-state index in [9.17, 15) is 18.0 Å². The Morgan fingerprint density at radius 2 is 2.03 bits per heavy atom. The number of hydrogen-bond acceptors (Lipinski definition) is 5. The summed E-state index contributed by atoms with van der Waals surface area (Å²) in [5.41, 5.74) is 1.02. The topological polar surface area (TPSA) is 63.7 Å². The third-order valence-electron chi connectivity index (χ3n) is 7.79. The fourth-order valence-electron chi connectivity index (χ4n) is 6.18. The molecule has 1 aromatic heterocycles. The number of alkyl halides is 3.